The third kappa shape index (κ3) is 4.36. The normalized spacial score (nSPS) is 13.0. The van der Waals surface area contributed by atoms with Crippen LogP contribution in [0.5, 0.6) is 0 Å². The van der Waals surface area contributed by atoms with E-state index in [1.165, 1.54) is 36.4 Å². The summed E-state index contributed by atoms with van der Waals surface area (Å²) in [6, 6.07) is 18.4. The Morgan fingerprint density at radius 1 is 0.857 bits per heavy atom. The predicted molar refractivity (Wildman–Crippen MR) is 106 cm³/mol. The van der Waals surface area contributed by atoms with Crippen LogP contribution in [0.15, 0.2) is 82.6 Å². The van der Waals surface area contributed by atoms with Gasteiger partial charge in [-0.3, -0.25) is 0 Å². The van der Waals surface area contributed by atoms with Gasteiger partial charge in [-0.15, -0.1) is 0 Å². The van der Waals surface area contributed by atoms with E-state index < -0.39 is 22.5 Å². The molecule has 0 saturated carbocycles. The highest BCUT2D eigenvalue weighted by Crippen LogP contribution is 2.28. The molecule has 3 aromatic rings. The number of hydrogen-bond acceptors (Lipinski definition) is 4. The van der Waals surface area contributed by atoms with E-state index in [1.54, 1.807) is 48.6 Å². The van der Waals surface area contributed by atoms with Gasteiger partial charge < -0.3 is 10.2 Å². The molecule has 1 atom stereocenters. The van der Waals surface area contributed by atoms with E-state index in [-0.39, 0.29) is 21.2 Å². The van der Waals surface area contributed by atoms with Crippen LogP contribution in [-0.4, -0.2) is 25.2 Å². The number of sulfone groups is 1. The first-order chi connectivity index (χ1) is 13.4. The van der Waals surface area contributed by atoms with Crippen molar-refractivity contribution in [3.8, 4) is 0 Å². The first kappa shape index (κ1) is 19.9. The van der Waals surface area contributed by atoms with Crippen LogP contribution in [0.4, 0.5) is 4.39 Å². The number of halogens is 1. The van der Waals surface area contributed by atoms with Crippen LogP contribution >= 0.6 is 0 Å². The van der Waals surface area contributed by atoms with Crippen molar-refractivity contribution in [2.24, 2.45) is 0 Å². The van der Waals surface area contributed by atoms with Gasteiger partial charge in [-0.05, 0) is 41.5 Å². The molecule has 0 heterocycles. The smallest absolute Gasteiger partial charge is 0.206 e. The van der Waals surface area contributed by atoms with E-state index in [2.05, 4.69) is 0 Å². The van der Waals surface area contributed by atoms with Crippen molar-refractivity contribution in [2.45, 2.75) is 15.9 Å². The Hall–Kier alpha value is -2.80. The molecule has 144 valence electrons. The highest BCUT2D eigenvalue weighted by atomic mass is 32.2. The predicted octanol–water partition coefficient (Wildman–Crippen LogP) is 3.85. The summed E-state index contributed by atoms with van der Waals surface area (Å²) in [5.41, 5.74) is 1.77. The summed E-state index contributed by atoms with van der Waals surface area (Å²) in [4.78, 5) is 0.0511. The number of benzene rings is 3. The molecule has 0 saturated heterocycles. The van der Waals surface area contributed by atoms with Gasteiger partial charge in [0.25, 0.3) is 0 Å². The Labute approximate surface area is 163 Å². The molecule has 0 radical (unpaired) electrons. The Balaban J connectivity index is 1.88. The molecule has 0 aliphatic heterocycles. The lowest BCUT2D eigenvalue weighted by atomic mass is 10.1. The fourth-order valence-electron chi connectivity index (χ4n) is 2.75. The number of aliphatic hydroxyl groups excluding tert-OH is 2. The van der Waals surface area contributed by atoms with Gasteiger partial charge in [0, 0.05) is 5.56 Å². The second kappa shape index (κ2) is 8.48. The van der Waals surface area contributed by atoms with Crippen molar-refractivity contribution in [3.05, 3.63) is 95.3 Å². The van der Waals surface area contributed by atoms with Gasteiger partial charge in [0.15, 0.2) is 0 Å². The maximum Gasteiger partial charge on any atom is 0.206 e. The van der Waals surface area contributed by atoms with Gasteiger partial charge in [-0.25, -0.2) is 12.8 Å². The van der Waals surface area contributed by atoms with Gasteiger partial charge >= 0.3 is 0 Å². The molecular formula is C22H19FO4S. The molecule has 0 amide bonds. The Kier molecular flexibility index (Phi) is 6.04. The zero-order valence-corrected chi connectivity index (χ0v) is 15.7. The topological polar surface area (TPSA) is 74.6 Å². The van der Waals surface area contributed by atoms with Crippen LogP contribution in [0, 0.1) is 5.82 Å². The first-order valence-electron chi connectivity index (χ1n) is 8.58. The molecule has 1 unspecified atom stereocenters. The molecule has 3 rings (SSSR count). The van der Waals surface area contributed by atoms with E-state index in [9.17, 15) is 23.0 Å². The molecule has 0 fully saturated rings. The van der Waals surface area contributed by atoms with Gasteiger partial charge in [0.1, 0.15) is 11.9 Å². The summed E-state index contributed by atoms with van der Waals surface area (Å²) in [6.45, 7) is -0.570. The minimum absolute atomic E-state index is 0.0360. The Bertz CT molecular complexity index is 1070. The third-order valence-electron chi connectivity index (χ3n) is 4.27. The summed E-state index contributed by atoms with van der Waals surface area (Å²) in [5.74, 6) is -0.307. The molecule has 28 heavy (non-hydrogen) atoms. The molecule has 0 aliphatic rings. The fourth-order valence-corrected chi connectivity index (χ4v) is 4.27. The minimum Gasteiger partial charge on any atom is -0.393 e. The van der Waals surface area contributed by atoms with Crippen molar-refractivity contribution in [2.75, 3.05) is 6.61 Å². The highest BCUT2D eigenvalue weighted by molar-refractivity contribution is 7.91. The lowest BCUT2D eigenvalue weighted by Gasteiger charge is -2.14. The number of rotatable bonds is 6. The van der Waals surface area contributed by atoms with E-state index >= 15 is 0 Å². The summed E-state index contributed by atoms with van der Waals surface area (Å²) in [7, 11) is -3.85. The zero-order valence-electron chi connectivity index (χ0n) is 14.9. The largest absolute Gasteiger partial charge is 0.393 e. The molecular weight excluding hydrogens is 379 g/mol. The molecule has 4 nitrogen and oxygen atoms in total. The minimum atomic E-state index is -3.85. The Morgan fingerprint density at radius 2 is 1.39 bits per heavy atom. The molecule has 6 heteroatoms. The van der Waals surface area contributed by atoms with E-state index in [1.807, 2.05) is 0 Å². The lowest BCUT2D eigenvalue weighted by molar-refractivity contribution is 0.0934. The second-order valence-corrected chi connectivity index (χ2v) is 8.11. The summed E-state index contributed by atoms with van der Waals surface area (Å²) >= 11 is 0. The van der Waals surface area contributed by atoms with E-state index in [0.717, 1.165) is 11.1 Å². The van der Waals surface area contributed by atoms with Gasteiger partial charge in [-0.2, -0.15) is 0 Å². The molecule has 0 aliphatic carbocycles. The summed E-state index contributed by atoms with van der Waals surface area (Å²) in [6.07, 6.45) is 2.33. The molecule has 0 bridgehead atoms. The van der Waals surface area contributed by atoms with Crippen LogP contribution in [0.1, 0.15) is 22.8 Å². The molecule has 0 aromatic heterocycles. The van der Waals surface area contributed by atoms with Crippen molar-refractivity contribution in [1.29, 1.82) is 0 Å². The zero-order chi connectivity index (χ0) is 20.1. The molecule has 3 aromatic carbocycles. The van der Waals surface area contributed by atoms with Crippen molar-refractivity contribution < 1.29 is 23.0 Å². The average Bonchev–Trinajstić information content (AvgIpc) is 2.73. The second-order valence-electron chi connectivity index (χ2n) is 6.19. The summed E-state index contributed by atoms with van der Waals surface area (Å²) in [5, 5.41) is 19.1. The van der Waals surface area contributed by atoms with Gasteiger partial charge in [0.05, 0.1) is 16.4 Å². The van der Waals surface area contributed by atoms with Crippen LogP contribution in [0.3, 0.4) is 0 Å². The SMILES string of the molecule is O=S(=O)(c1ccc(/C=C/c2ccc(F)cc2)cc1)c1ccccc1C(O)CO. The van der Waals surface area contributed by atoms with Crippen molar-refractivity contribution in [1.82, 2.24) is 0 Å². The van der Waals surface area contributed by atoms with E-state index in [0.29, 0.717) is 0 Å². The van der Waals surface area contributed by atoms with Crippen LogP contribution < -0.4 is 0 Å². The Morgan fingerprint density at radius 3 is 1.96 bits per heavy atom. The first-order valence-corrected chi connectivity index (χ1v) is 10.1. The van der Waals surface area contributed by atoms with Crippen LogP contribution in [0.25, 0.3) is 12.2 Å². The van der Waals surface area contributed by atoms with Crippen molar-refractivity contribution in [3.63, 3.8) is 0 Å². The maximum atomic E-state index is 13.0. The summed E-state index contributed by atoms with van der Waals surface area (Å²) < 4.78 is 38.8. The third-order valence-corrected chi connectivity index (χ3v) is 6.11. The van der Waals surface area contributed by atoms with Crippen molar-refractivity contribution >= 4 is 22.0 Å². The number of aliphatic hydroxyl groups is 2. The standard InChI is InChI=1S/C22H19FO4S/c23-18-11-7-16(8-12-18)5-6-17-9-13-19(14-10-17)28(26,27)22-4-2-1-3-20(22)21(25)15-24/h1-14,21,24-25H,15H2/b6-5+. The average molecular weight is 398 g/mol. The van der Waals surface area contributed by atoms with E-state index in [4.69, 9.17) is 0 Å². The lowest BCUT2D eigenvalue weighted by Crippen LogP contribution is -2.11. The van der Waals surface area contributed by atoms with Crippen LogP contribution in [0.2, 0.25) is 0 Å². The monoisotopic (exact) mass is 398 g/mol. The van der Waals surface area contributed by atoms with Gasteiger partial charge in [-0.1, -0.05) is 54.6 Å². The molecule has 2 N–H and O–H groups in total. The number of hydrogen-bond donors (Lipinski definition) is 2. The fraction of sp³-hybridized carbons (Fsp3) is 0.0909. The molecule has 0 spiro atoms. The quantitative estimate of drug-likeness (QED) is 0.619. The highest BCUT2D eigenvalue weighted by Gasteiger charge is 2.23. The maximum absolute atomic E-state index is 13.0. The van der Waals surface area contributed by atoms with Gasteiger partial charge in [0.2, 0.25) is 9.84 Å². The van der Waals surface area contributed by atoms with Crippen LogP contribution in [-0.2, 0) is 9.84 Å².